The maximum Gasteiger partial charge on any atom is 0.264 e. The molecule has 1 atom stereocenters. The lowest BCUT2D eigenvalue weighted by atomic mass is 10.1. The van der Waals surface area contributed by atoms with E-state index in [0.29, 0.717) is 12.1 Å². The molecular weight excluding hydrogens is 590 g/mol. The van der Waals surface area contributed by atoms with Gasteiger partial charge in [-0.2, -0.15) is 0 Å². The molecule has 3 aromatic rings. The number of halogens is 1. The first-order valence-corrected chi connectivity index (χ1v) is 15.9. The standard InChI is InChI=1S/C31H36BrN3O4S/c1-3-29(31(37)33-26-13-9-10-14-26)34(21-24-12-8-7-11-23(24)2)30(36)22-35(27-19-17-25(32)18-20-27)40(38,39)28-15-5-4-6-16-28/h4-8,11-12,15-20,26,29H,3,9-10,13-14,21-22H2,1-2H3,(H,33,37). The molecule has 212 valence electrons. The number of hydrogen-bond donors (Lipinski definition) is 1. The van der Waals surface area contributed by atoms with Gasteiger partial charge in [-0.25, -0.2) is 8.42 Å². The predicted octanol–water partition coefficient (Wildman–Crippen LogP) is 5.82. The molecular formula is C31H36BrN3O4S. The number of hydrogen-bond acceptors (Lipinski definition) is 4. The average molecular weight is 627 g/mol. The second-order valence-corrected chi connectivity index (χ2v) is 12.9. The van der Waals surface area contributed by atoms with Gasteiger partial charge in [0.05, 0.1) is 10.6 Å². The number of nitrogens with one attached hydrogen (secondary N) is 1. The molecule has 4 rings (SSSR count). The van der Waals surface area contributed by atoms with Crippen LogP contribution in [0.1, 0.15) is 50.2 Å². The van der Waals surface area contributed by atoms with Crippen LogP contribution in [-0.4, -0.2) is 43.8 Å². The highest BCUT2D eigenvalue weighted by Crippen LogP contribution is 2.27. The Balaban J connectivity index is 1.71. The van der Waals surface area contributed by atoms with Gasteiger partial charge in [-0.3, -0.25) is 13.9 Å². The lowest BCUT2D eigenvalue weighted by molar-refractivity contribution is -0.140. The van der Waals surface area contributed by atoms with Crippen LogP contribution in [0.4, 0.5) is 5.69 Å². The minimum atomic E-state index is -4.08. The summed E-state index contributed by atoms with van der Waals surface area (Å²) in [4.78, 5) is 29.3. The third-order valence-electron chi connectivity index (χ3n) is 7.41. The zero-order valence-electron chi connectivity index (χ0n) is 22.9. The maximum atomic E-state index is 14.2. The van der Waals surface area contributed by atoms with Crippen molar-refractivity contribution < 1.29 is 18.0 Å². The molecule has 0 heterocycles. The zero-order valence-corrected chi connectivity index (χ0v) is 25.3. The molecule has 0 aromatic heterocycles. The Kier molecular flexibility index (Phi) is 10.0. The fourth-order valence-electron chi connectivity index (χ4n) is 5.11. The van der Waals surface area contributed by atoms with Crippen molar-refractivity contribution in [3.8, 4) is 0 Å². The van der Waals surface area contributed by atoms with Crippen molar-refractivity contribution in [2.45, 2.75) is 69.5 Å². The molecule has 2 amide bonds. The van der Waals surface area contributed by atoms with E-state index in [1.807, 2.05) is 38.1 Å². The van der Waals surface area contributed by atoms with Gasteiger partial charge in [-0.1, -0.05) is 78.2 Å². The monoisotopic (exact) mass is 625 g/mol. The van der Waals surface area contributed by atoms with Gasteiger partial charge >= 0.3 is 0 Å². The van der Waals surface area contributed by atoms with E-state index in [1.54, 1.807) is 47.4 Å². The van der Waals surface area contributed by atoms with Crippen molar-refractivity contribution >= 4 is 43.5 Å². The number of benzene rings is 3. The summed E-state index contributed by atoms with van der Waals surface area (Å²) in [5.74, 6) is -0.642. The van der Waals surface area contributed by atoms with Crippen LogP contribution in [0.5, 0.6) is 0 Å². The number of nitrogens with zero attached hydrogens (tertiary/aromatic N) is 2. The Morgan fingerprint density at radius 3 is 2.20 bits per heavy atom. The van der Waals surface area contributed by atoms with Crippen molar-refractivity contribution in [2.75, 3.05) is 10.8 Å². The van der Waals surface area contributed by atoms with E-state index >= 15 is 0 Å². The molecule has 0 aliphatic heterocycles. The summed E-state index contributed by atoms with van der Waals surface area (Å²) < 4.78 is 29.6. The summed E-state index contributed by atoms with van der Waals surface area (Å²) in [5, 5.41) is 3.14. The summed E-state index contributed by atoms with van der Waals surface area (Å²) in [6.45, 7) is 3.59. The van der Waals surface area contributed by atoms with E-state index in [2.05, 4.69) is 21.2 Å². The molecule has 1 unspecified atom stereocenters. The van der Waals surface area contributed by atoms with E-state index < -0.39 is 28.5 Å². The summed E-state index contributed by atoms with van der Waals surface area (Å²) >= 11 is 3.40. The van der Waals surface area contributed by atoms with E-state index in [0.717, 1.165) is 45.6 Å². The number of sulfonamides is 1. The SMILES string of the molecule is CCC(C(=O)NC1CCCC1)N(Cc1ccccc1C)C(=O)CN(c1ccc(Br)cc1)S(=O)(=O)c1ccccc1. The van der Waals surface area contributed by atoms with Crippen LogP contribution in [0.2, 0.25) is 0 Å². The Morgan fingerprint density at radius 1 is 0.950 bits per heavy atom. The summed E-state index contributed by atoms with van der Waals surface area (Å²) in [6.07, 6.45) is 4.42. The third-order valence-corrected chi connectivity index (χ3v) is 9.73. The highest BCUT2D eigenvalue weighted by molar-refractivity contribution is 9.10. The smallest absolute Gasteiger partial charge is 0.264 e. The fraction of sp³-hybridized carbons (Fsp3) is 0.355. The summed E-state index contributed by atoms with van der Waals surface area (Å²) in [5.41, 5.74) is 2.26. The number of amides is 2. The van der Waals surface area contributed by atoms with Gasteiger partial charge in [-0.05, 0) is 73.7 Å². The highest BCUT2D eigenvalue weighted by atomic mass is 79.9. The predicted molar refractivity (Wildman–Crippen MR) is 161 cm³/mol. The second-order valence-electron chi connectivity index (χ2n) is 10.2. The van der Waals surface area contributed by atoms with Gasteiger partial charge in [0.25, 0.3) is 10.0 Å². The van der Waals surface area contributed by atoms with E-state index in [1.165, 1.54) is 12.1 Å². The van der Waals surface area contributed by atoms with Crippen molar-refractivity contribution in [3.63, 3.8) is 0 Å². The van der Waals surface area contributed by atoms with Crippen LogP contribution in [0.3, 0.4) is 0 Å². The van der Waals surface area contributed by atoms with Crippen LogP contribution < -0.4 is 9.62 Å². The molecule has 0 radical (unpaired) electrons. The number of rotatable bonds is 11. The molecule has 40 heavy (non-hydrogen) atoms. The number of carbonyl (C=O) groups is 2. The molecule has 1 saturated carbocycles. The molecule has 0 spiro atoms. The summed E-state index contributed by atoms with van der Waals surface area (Å²) in [7, 11) is -4.08. The van der Waals surface area contributed by atoms with Crippen molar-refractivity contribution in [1.29, 1.82) is 0 Å². The molecule has 9 heteroatoms. The van der Waals surface area contributed by atoms with E-state index in [9.17, 15) is 18.0 Å². The van der Waals surface area contributed by atoms with Crippen molar-refractivity contribution in [2.24, 2.45) is 0 Å². The molecule has 3 aromatic carbocycles. The van der Waals surface area contributed by atoms with Crippen molar-refractivity contribution in [1.82, 2.24) is 10.2 Å². The van der Waals surface area contributed by atoms with Crippen LogP contribution >= 0.6 is 15.9 Å². The van der Waals surface area contributed by atoms with Gasteiger partial charge < -0.3 is 10.2 Å². The molecule has 7 nitrogen and oxygen atoms in total. The Labute approximate surface area is 245 Å². The molecule has 0 bridgehead atoms. The van der Waals surface area contributed by atoms with Gasteiger partial charge in [0, 0.05) is 17.1 Å². The first kappa shape index (κ1) is 29.8. The molecule has 1 fully saturated rings. The maximum absolute atomic E-state index is 14.2. The Bertz CT molecular complexity index is 1410. The second kappa shape index (κ2) is 13.5. The first-order chi connectivity index (χ1) is 19.2. The zero-order chi connectivity index (χ0) is 28.7. The summed E-state index contributed by atoms with van der Waals surface area (Å²) in [6, 6.07) is 22.0. The number of aryl methyl sites for hydroxylation is 1. The normalized spacial score (nSPS) is 14.5. The molecule has 1 aliphatic rings. The third kappa shape index (κ3) is 7.12. The molecule has 0 saturated heterocycles. The lowest BCUT2D eigenvalue weighted by Gasteiger charge is -2.34. The van der Waals surface area contributed by atoms with Crippen LogP contribution in [0.15, 0.2) is 88.2 Å². The number of carbonyl (C=O) groups excluding carboxylic acids is 2. The fourth-order valence-corrected chi connectivity index (χ4v) is 6.81. The van der Waals surface area contributed by atoms with Crippen LogP contribution in [0, 0.1) is 6.92 Å². The Hall–Kier alpha value is -3.17. The van der Waals surface area contributed by atoms with Gasteiger partial charge in [-0.15, -0.1) is 0 Å². The van der Waals surface area contributed by atoms with E-state index in [4.69, 9.17) is 0 Å². The highest BCUT2D eigenvalue weighted by Gasteiger charge is 2.34. The minimum Gasteiger partial charge on any atom is -0.352 e. The Morgan fingerprint density at radius 2 is 1.57 bits per heavy atom. The topological polar surface area (TPSA) is 86.8 Å². The molecule has 1 aliphatic carbocycles. The minimum absolute atomic E-state index is 0.0854. The molecule has 1 N–H and O–H groups in total. The van der Waals surface area contributed by atoms with Crippen LogP contribution in [-0.2, 0) is 26.2 Å². The largest absolute Gasteiger partial charge is 0.352 e. The number of anilines is 1. The average Bonchev–Trinajstić information content (AvgIpc) is 3.46. The lowest BCUT2D eigenvalue weighted by Crippen LogP contribution is -2.53. The quantitative estimate of drug-likeness (QED) is 0.291. The van der Waals surface area contributed by atoms with Crippen LogP contribution in [0.25, 0.3) is 0 Å². The van der Waals surface area contributed by atoms with Gasteiger partial charge in [0.2, 0.25) is 11.8 Å². The van der Waals surface area contributed by atoms with Gasteiger partial charge in [0.15, 0.2) is 0 Å². The van der Waals surface area contributed by atoms with Crippen molar-refractivity contribution in [3.05, 3.63) is 94.5 Å². The van der Waals surface area contributed by atoms with E-state index in [-0.39, 0.29) is 23.4 Å². The first-order valence-electron chi connectivity index (χ1n) is 13.7. The van der Waals surface area contributed by atoms with Gasteiger partial charge in [0.1, 0.15) is 12.6 Å².